The molecule has 6 nitrogen and oxygen atoms in total. The number of benzene rings is 3. The van der Waals surface area contributed by atoms with Gasteiger partial charge in [0, 0.05) is 6.07 Å². The molecular formula is C28H27N3O3. The Labute approximate surface area is 199 Å². The number of rotatable bonds is 7. The summed E-state index contributed by atoms with van der Waals surface area (Å²) in [6.45, 7) is 5.43. The van der Waals surface area contributed by atoms with Crippen LogP contribution in [0.5, 0.6) is 11.5 Å². The van der Waals surface area contributed by atoms with Crippen molar-refractivity contribution < 1.29 is 14.3 Å². The summed E-state index contributed by atoms with van der Waals surface area (Å²) < 4.78 is 13.1. The molecule has 2 heterocycles. The second-order valence-electron chi connectivity index (χ2n) is 9.00. The molecule has 6 heteroatoms. The molecule has 0 radical (unpaired) electrons. The number of hydrogen-bond donors (Lipinski definition) is 1. The summed E-state index contributed by atoms with van der Waals surface area (Å²) in [6, 6.07) is 27.2. The highest BCUT2D eigenvalue weighted by atomic mass is 16.5. The first-order valence-electron chi connectivity index (χ1n) is 11.4. The van der Waals surface area contributed by atoms with Crippen molar-refractivity contribution in [1.82, 2.24) is 9.78 Å². The van der Waals surface area contributed by atoms with Crippen LogP contribution in [0.1, 0.15) is 23.7 Å². The highest BCUT2D eigenvalue weighted by Crippen LogP contribution is 2.33. The van der Waals surface area contributed by atoms with E-state index in [9.17, 15) is 4.79 Å². The van der Waals surface area contributed by atoms with Crippen LogP contribution in [-0.4, -0.2) is 28.9 Å². The minimum Gasteiger partial charge on any atom is -0.457 e. The lowest BCUT2D eigenvalue weighted by molar-refractivity contribution is -0.115. The number of amides is 1. The third kappa shape index (κ3) is 4.72. The molecule has 1 aliphatic heterocycles. The third-order valence-corrected chi connectivity index (χ3v) is 5.98. The molecule has 1 N–H and O–H groups in total. The summed E-state index contributed by atoms with van der Waals surface area (Å²) in [5.74, 6) is 2.06. The van der Waals surface area contributed by atoms with Crippen LogP contribution < -0.4 is 10.1 Å². The van der Waals surface area contributed by atoms with Crippen molar-refractivity contribution in [3.05, 3.63) is 102 Å². The minimum atomic E-state index is -0.135. The van der Waals surface area contributed by atoms with Gasteiger partial charge in [0.1, 0.15) is 17.3 Å². The van der Waals surface area contributed by atoms with E-state index in [1.165, 1.54) is 5.56 Å². The van der Waals surface area contributed by atoms with Crippen LogP contribution in [0.4, 0.5) is 5.82 Å². The normalized spacial score (nSPS) is 14.3. The topological polar surface area (TPSA) is 65.4 Å². The number of aryl methyl sites for hydroxylation is 1. The van der Waals surface area contributed by atoms with Crippen molar-refractivity contribution in [3.63, 3.8) is 0 Å². The molecule has 0 saturated carbocycles. The van der Waals surface area contributed by atoms with E-state index < -0.39 is 0 Å². The third-order valence-electron chi connectivity index (χ3n) is 5.98. The Morgan fingerprint density at radius 3 is 2.32 bits per heavy atom. The number of carbonyl (C=O) groups is 1. The molecule has 3 aromatic carbocycles. The number of aromatic nitrogens is 2. The average molecular weight is 454 g/mol. The molecule has 0 unspecified atom stereocenters. The number of ether oxygens (including phenoxy) is 2. The first-order chi connectivity index (χ1) is 16.5. The lowest BCUT2D eigenvalue weighted by Gasteiger charge is -2.36. The van der Waals surface area contributed by atoms with Gasteiger partial charge in [0.15, 0.2) is 0 Å². The van der Waals surface area contributed by atoms with Crippen LogP contribution in [-0.2, 0) is 21.4 Å². The second-order valence-corrected chi connectivity index (χ2v) is 9.00. The van der Waals surface area contributed by atoms with E-state index in [1.807, 2.05) is 91.9 Å². The molecule has 0 aliphatic carbocycles. The van der Waals surface area contributed by atoms with Gasteiger partial charge < -0.3 is 14.8 Å². The fourth-order valence-corrected chi connectivity index (χ4v) is 3.88. The molecule has 1 amide bonds. The van der Waals surface area contributed by atoms with E-state index in [-0.39, 0.29) is 17.7 Å². The Morgan fingerprint density at radius 2 is 1.68 bits per heavy atom. The SMILES string of the molecule is Cc1ccc(-n2nc(C3(C)COC3)cc2NC(=O)Cc2ccc(Oc3ccccc3)cc2)cc1. The molecule has 4 aromatic rings. The molecule has 0 atom stereocenters. The van der Waals surface area contributed by atoms with Gasteiger partial charge in [-0.3, -0.25) is 4.79 Å². The molecule has 0 bridgehead atoms. The highest BCUT2D eigenvalue weighted by Gasteiger charge is 2.38. The van der Waals surface area contributed by atoms with Crippen molar-refractivity contribution in [2.45, 2.75) is 25.7 Å². The molecule has 1 aromatic heterocycles. The monoisotopic (exact) mass is 453 g/mol. The van der Waals surface area contributed by atoms with Gasteiger partial charge in [-0.15, -0.1) is 0 Å². The molecule has 1 aliphatic rings. The van der Waals surface area contributed by atoms with E-state index in [2.05, 4.69) is 12.2 Å². The number of nitrogens with zero attached hydrogens (tertiary/aromatic N) is 2. The number of para-hydroxylation sites is 1. The maximum atomic E-state index is 12.9. The first-order valence-corrected chi connectivity index (χ1v) is 11.4. The van der Waals surface area contributed by atoms with Crippen molar-refractivity contribution in [2.75, 3.05) is 18.5 Å². The van der Waals surface area contributed by atoms with Crippen LogP contribution in [0.2, 0.25) is 0 Å². The Kier molecular flexibility index (Phi) is 5.90. The predicted molar refractivity (Wildman–Crippen MR) is 132 cm³/mol. The van der Waals surface area contributed by atoms with Gasteiger partial charge >= 0.3 is 0 Å². The number of hydrogen-bond acceptors (Lipinski definition) is 4. The maximum Gasteiger partial charge on any atom is 0.229 e. The summed E-state index contributed by atoms with van der Waals surface area (Å²) in [5, 5.41) is 7.88. The summed E-state index contributed by atoms with van der Waals surface area (Å²) >= 11 is 0. The van der Waals surface area contributed by atoms with Gasteiger partial charge in [0.2, 0.25) is 5.91 Å². The molecule has 172 valence electrons. The maximum absolute atomic E-state index is 12.9. The predicted octanol–water partition coefficient (Wildman–Crippen LogP) is 5.44. The number of nitrogens with one attached hydrogen (secondary N) is 1. The summed E-state index contributed by atoms with van der Waals surface area (Å²) in [5.41, 5.74) is 3.75. The smallest absolute Gasteiger partial charge is 0.229 e. The molecule has 1 fully saturated rings. The van der Waals surface area contributed by atoms with Gasteiger partial charge in [-0.2, -0.15) is 5.10 Å². The van der Waals surface area contributed by atoms with Crippen LogP contribution in [0.15, 0.2) is 84.9 Å². The average Bonchev–Trinajstić information content (AvgIpc) is 3.24. The van der Waals surface area contributed by atoms with Crippen LogP contribution >= 0.6 is 0 Å². The molecule has 0 spiro atoms. The van der Waals surface area contributed by atoms with Gasteiger partial charge in [-0.25, -0.2) is 4.68 Å². The van der Waals surface area contributed by atoms with Crippen LogP contribution in [0, 0.1) is 6.92 Å². The second kappa shape index (κ2) is 9.15. The van der Waals surface area contributed by atoms with Gasteiger partial charge in [0.25, 0.3) is 0 Å². The van der Waals surface area contributed by atoms with Crippen molar-refractivity contribution in [3.8, 4) is 17.2 Å². The van der Waals surface area contributed by atoms with Crippen molar-refractivity contribution in [2.24, 2.45) is 0 Å². The van der Waals surface area contributed by atoms with Crippen LogP contribution in [0.3, 0.4) is 0 Å². The zero-order chi connectivity index (χ0) is 23.5. The van der Waals surface area contributed by atoms with E-state index in [1.54, 1.807) is 4.68 Å². The Bertz CT molecular complexity index is 1270. The molecule has 34 heavy (non-hydrogen) atoms. The number of carbonyl (C=O) groups excluding carboxylic acids is 1. The zero-order valence-corrected chi connectivity index (χ0v) is 19.3. The lowest BCUT2D eigenvalue weighted by atomic mass is 9.85. The largest absolute Gasteiger partial charge is 0.457 e. The van der Waals surface area contributed by atoms with E-state index in [0.29, 0.717) is 19.0 Å². The Hall–Kier alpha value is -3.90. The minimum absolute atomic E-state index is 0.105. The molecule has 5 rings (SSSR count). The zero-order valence-electron chi connectivity index (χ0n) is 19.3. The Morgan fingerprint density at radius 1 is 1.00 bits per heavy atom. The molecule has 1 saturated heterocycles. The fourth-order valence-electron chi connectivity index (χ4n) is 3.88. The van der Waals surface area contributed by atoms with Gasteiger partial charge in [-0.05, 0) is 55.8 Å². The highest BCUT2D eigenvalue weighted by molar-refractivity contribution is 5.91. The van der Waals surface area contributed by atoms with Gasteiger partial charge in [0.05, 0.1) is 36.4 Å². The summed E-state index contributed by atoms with van der Waals surface area (Å²) in [7, 11) is 0. The lowest BCUT2D eigenvalue weighted by Crippen LogP contribution is -2.44. The van der Waals surface area contributed by atoms with E-state index >= 15 is 0 Å². The van der Waals surface area contributed by atoms with Crippen molar-refractivity contribution >= 4 is 11.7 Å². The standard InChI is InChI=1S/C28H27N3O3/c1-20-8-12-22(13-9-20)31-26(17-25(30-31)28(2)18-33-19-28)29-27(32)16-21-10-14-24(15-11-21)34-23-6-4-3-5-7-23/h3-15,17H,16,18-19H2,1-2H3,(H,29,32). The van der Waals surface area contributed by atoms with Crippen molar-refractivity contribution in [1.29, 1.82) is 0 Å². The number of anilines is 1. The van der Waals surface area contributed by atoms with Gasteiger partial charge in [-0.1, -0.05) is 48.0 Å². The van der Waals surface area contributed by atoms with Crippen LogP contribution in [0.25, 0.3) is 5.69 Å². The quantitative estimate of drug-likeness (QED) is 0.405. The molecular weight excluding hydrogens is 426 g/mol. The Balaban J connectivity index is 1.31. The van der Waals surface area contributed by atoms with E-state index in [0.717, 1.165) is 28.4 Å². The van der Waals surface area contributed by atoms with E-state index in [4.69, 9.17) is 14.6 Å². The fraction of sp³-hybridized carbons (Fsp3) is 0.214. The first kappa shape index (κ1) is 21.9. The summed E-state index contributed by atoms with van der Waals surface area (Å²) in [4.78, 5) is 12.9. The summed E-state index contributed by atoms with van der Waals surface area (Å²) in [6.07, 6.45) is 0.250.